The molecule has 190 valence electrons. The normalized spacial score (nSPS) is 14.7. The molecular weight excluding hydrogens is 484 g/mol. The minimum Gasteiger partial charge on any atom is -0.312 e. The second-order valence-corrected chi connectivity index (χ2v) is 11.2. The molecular formula is C38H28N2. The lowest BCUT2D eigenvalue weighted by Crippen LogP contribution is -2.31. The summed E-state index contributed by atoms with van der Waals surface area (Å²) in [5.74, 6) is 0. The number of allylic oxidation sites excluding steroid dienone is 1. The van der Waals surface area contributed by atoms with Gasteiger partial charge in [0.2, 0.25) is 0 Å². The average molecular weight is 513 g/mol. The van der Waals surface area contributed by atoms with Crippen LogP contribution in [-0.2, 0) is 6.42 Å². The topological polar surface area (TPSA) is 9.86 Å². The number of hydrogen-bond acceptors (Lipinski definition) is 0. The lowest BCUT2D eigenvalue weighted by molar-refractivity contribution is 0.961. The number of fused-ring (bicyclic) bond motifs is 8. The molecule has 5 aromatic carbocycles. The Labute approximate surface area is 232 Å². The summed E-state index contributed by atoms with van der Waals surface area (Å²) in [5, 5.41) is 7.94. The largest absolute Gasteiger partial charge is 0.312 e. The molecule has 2 aliphatic rings. The molecule has 0 fully saturated rings. The Hall–Kier alpha value is -4.82. The van der Waals surface area contributed by atoms with E-state index in [1.165, 1.54) is 76.6 Å². The van der Waals surface area contributed by atoms with Crippen LogP contribution in [0.15, 0.2) is 109 Å². The molecule has 0 saturated carbocycles. The zero-order chi connectivity index (χ0) is 26.2. The number of rotatable bonds is 2. The molecule has 0 atom stereocenters. The second-order valence-electron chi connectivity index (χ2n) is 11.2. The van der Waals surface area contributed by atoms with Gasteiger partial charge in [-0.15, -0.1) is 0 Å². The highest BCUT2D eigenvalue weighted by Crippen LogP contribution is 2.40. The minimum atomic E-state index is 1.04. The molecule has 2 aromatic heterocycles. The van der Waals surface area contributed by atoms with Crippen molar-refractivity contribution in [2.24, 2.45) is 0 Å². The zero-order valence-corrected chi connectivity index (χ0v) is 22.3. The Morgan fingerprint density at radius 3 is 2.05 bits per heavy atom. The number of nitrogens with zero attached hydrogens (tertiary/aromatic N) is 2. The summed E-state index contributed by atoms with van der Waals surface area (Å²) >= 11 is 0. The van der Waals surface area contributed by atoms with Crippen molar-refractivity contribution < 1.29 is 0 Å². The van der Waals surface area contributed by atoms with Gasteiger partial charge in [0.25, 0.3) is 0 Å². The van der Waals surface area contributed by atoms with Crippen LogP contribution in [0.4, 0.5) is 0 Å². The van der Waals surface area contributed by atoms with Crippen LogP contribution in [0, 0.1) is 0 Å². The van der Waals surface area contributed by atoms with E-state index in [9.17, 15) is 0 Å². The van der Waals surface area contributed by atoms with E-state index in [1.807, 2.05) is 0 Å². The van der Waals surface area contributed by atoms with E-state index >= 15 is 0 Å². The van der Waals surface area contributed by atoms with Gasteiger partial charge in [0.1, 0.15) is 0 Å². The fourth-order valence-corrected chi connectivity index (χ4v) is 7.32. The van der Waals surface area contributed by atoms with Gasteiger partial charge in [-0.05, 0) is 72.4 Å². The summed E-state index contributed by atoms with van der Waals surface area (Å²) in [6.45, 7) is 0. The molecule has 0 aliphatic heterocycles. The molecule has 0 unspecified atom stereocenters. The molecule has 9 rings (SSSR count). The van der Waals surface area contributed by atoms with Gasteiger partial charge in [-0.25, -0.2) is 0 Å². The molecule has 40 heavy (non-hydrogen) atoms. The highest BCUT2D eigenvalue weighted by Gasteiger charge is 2.21. The highest BCUT2D eigenvalue weighted by molar-refractivity contribution is 6.19. The predicted molar refractivity (Wildman–Crippen MR) is 169 cm³/mol. The second kappa shape index (κ2) is 8.34. The van der Waals surface area contributed by atoms with Crippen LogP contribution in [-0.4, -0.2) is 9.13 Å². The first kappa shape index (κ1) is 22.0. The third-order valence-electron chi connectivity index (χ3n) is 9.04. The fourth-order valence-electron chi connectivity index (χ4n) is 7.32. The quantitative estimate of drug-likeness (QED) is 0.222. The van der Waals surface area contributed by atoms with Crippen LogP contribution in [0.1, 0.15) is 30.4 Å². The summed E-state index contributed by atoms with van der Waals surface area (Å²) in [5.41, 5.74) is 10.6. The van der Waals surface area contributed by atoms with Crippen molar-refractivity contribution in [3.8, 4) is 5.69 Å². The number of hydrogen-bond donors (Lipinski definition) is 0. The molecule has 2 nitrogen and oxygen atoms in total. The Kier molecular flexibility index (Phi) is 4.59. The van der Waals surface area contributed by atoms with Crippen LogP contribution in [0.25, 0.3) is 67.1 Å². The van der Waals surface area contributed by atoms with Gasteiger partial charge in [-0.1, -0.05) is 91.0 Å². The van der Waals surface area contributed by atoms with Crippen molar-refractivity contribution in [3.63, 3.8) is 0 Å². The monoisotopic (exact) mass is 512 g/mol. The van der Waals surface area contributed by atoms with Crippen molar-refractivity contribution in [3.05, 3.63) is 131 Å². The van der Waals surface area contributed by atoms with Gasteiger partial charge in [-0.3, -0.25) is 0 Å². The first-order valence-electron chi connectivity index (χ1n) is 14.4. The van der Waals surface area contributed by atoms with E-state index in [4.69, 9.17) is 0 Å². The van der Waals surface area contributed by atoms with Gasteiger partial charge in [-0.2, -0.15) is 0 Å². The summed E-state index contributed by atoms with van der Waals surface area (Å²) in [7, 11) is 0. The molecule has 0 radical (unpaired) electrons. The lowest BCUT2D eigenvalue weighted by atomic mass is 9.95. The van der Waals surface area contributed by atoms with Crippen LogP contribution >= 0.6 is 0 Å². The molecule has 0 amide bonds. The van der Waals surface area contributed by atoms with Crippen molar-refractivity contribution in [2.75, 3.05) is 0 Å². The van der Waals surface area contributed by atoms with Gasteiger partial charge in [0.15, 0.2) is 0 Å². The number of para-hydroxylation sites is 2. The van der Waals surface area contributed by atoms with Crippen LogP contribution in [0.2, 0.25) is 0 Å². The minimum absolute atomic E-state index is 1.04. The zero-order valence-electron chi connectivity index (χ0n) is 22.3. The van der Waals surface area contributed by atoms with Crippen molar-refractivity contribution in [1.29, 1.82) is 0 Å². The van der Waals surface area contributed by atoms with Gasteiger partial charge < -0.3 is 9.13 Å². The molecule has 0 bridgehead atoms. The molecule has 2 aliphatic carbocycles. The van der Waals surface area contributed by atoms with Gasteiger partial charge in [0.05, 0.1) is 22.1 Å². The molecule has 2 heteroatoms. The maximum Gasteiger partial charge on any atom is 0.0548 e. The fraction of sp³-hybridized carbons (Fsp3) is 0.105. The summed E-state index contributed by atoms with van der Waals surface area (Å²) in [6.07, 6.45) is 11.2. The summed E-state index contributed by atoms with van der Waals surface area (Å²) in [4.78, 5) is 0. The van der Waals surface area contributed by atoms with Crippen molar-refractivity contribution in [2.45, 2.75) is 25.7 Å². The maximum atomic E-state index is 2.55. The first-order chi connectivity index (χ1) is 19.9. The van der Waals surface area contributed by atoms with Gasteiger partial charge in [0, 0.05) is 38.1 Å². The van der Waals surface area contributed by atoms with E-state index in [2.05, 4.69) is 130 Å². The van der Waals surface area contributed by atoms with Crippen LogP contribution in [0.5, 0.6) is 0 Å². The van der Waals surface area contributed by atoms with E-state index in [-0.39, 0.29) is 0 Å². The van der Waals surface area contributed by atoms with Crippen molar-refractivity contribution in [1.82, 2.24) is 9.13 Å². The molecule has 0 saturated heterocycles. The number of benzene rings is 5. The van der Waals surface area contributed by atoms with E-state index < -0.39 is 0 Å². The third kappa shape index (κ3) is 2.99. The molecule has 0 N–H and O–H groups in total. The first-order valence-corrected chi connectivity index (χ1v) is 14.4. The Morgan fingerprint density at radius 2 is 1.23 bits per heavy atom. The molecule has 0 spiro atoms. The van der Waals surface area contributed by atoms with E-state index in [1.54, 1.807) is 0 Å². The highest BCUT2D eigenvalue weighted by atomic mass is 15.0. The molecule has 2 heterocycles. The van der Waals surface area contributed by atoms with Gasteiger partial charge >= 0.3 is 0 Å². The van der Waals surface area contributed by atoms with Crippen molar-refractivity contribution >= 4 is 61.5 Å². The molecule has 7 aromatic rings. The summed E-state index contributed by atoms with van der Waals surface area (Å²) < 4.78 is 5.07. The van der Waals surface area contributed by atoms with E-state index in [0.717, 1.165) is 25.7 Å². The van der Waals surface area contributed by atoms with E-state index in [0.29, 0.717) is 0 Å². The van der Waals surface area contributed by atoms with Crippen LogP contribution < -0.4 is 10.4 Å². The standard InChI is InChI=1S/C38H28N2/c1-3-15-27-25(11-1)13-9-21-33(27)39-35-19-7-5-17-29(35)31-24-38-32(23-37(31)39)30-18-6-8-20-36(30)40(38)34-22-10-14-26-12-2-4-16-28(26)34/h1-3,5-8,10-15,17-20,22-24H,4,9,16,21H2. The maximum absolute atomic E-state index is 2.55. The number of aromatic nitrogens is 2. The smallest absolute Gasteiger partial charge is 0.0548 e. The summed E-state index contributed by atoms with van der Waals surface area (Å²) in [6, 6.07) is 38.4. The SMILES string of the molecule is C1=Cc2cccc(-n3c4ccccc4c4cc5c(cc43)c3ccccc3n5C3=c4ccccc4=CCC3)c2CC1. The third-order valence-corrected chi connectivity index (χ3v) is 9.04. The Morgan fingerprint density at radius 1 is 0.525 bits per heavy atom. The Bertz CT molecular complexity index is 2320. The lowest BCUT2D eigenvalue weighted by Gasteiger charge is -2.18. The van der Waals surface area contributed by atoms with Crippen LogP contribution in [0.3, 0.4) is 0 Å². The average Bonchev–Trinajstić information content (AvgIpc) is 3.51. The predicted octanol–water partition coefficient (Wildman–Crippen LogP) is 8.08. The Balaban J connectivity index is 1.46.